The van der Waals surface area contributed by atoms with Crippen molar-refractivity contribution in [3.8, 4) is 0 Å². The molecule has 2 aliphatic heterocycles. The van der Waals surface area contributed by atoms with E-state index in [1.807, 2.05) is 19.2 Å². The summed E-state index contributed by atoms with van der Waals surface area (Å²) in [7, 11) is 1.83. The summed E-state index contributed by atoms with van der Waals surface area (Å²) in [6, 6.07) is 5.58. The van der Waals surface area contributed by atoms with E-state index >= 15 is 0 Å². The van der Waals surface area contributed by atoms with Crippen LogP contribution < -0.4 is 10.2 Å². The highest BCUT2D eigenvalue weighted by Gasteiger charge is 2.51. The number of nitrogens with one attached hydrogen (secondary N) is 1. The van der Waals surface area contributed by atoms with Crippen molar-refractivity contribution in [2.75, 3.05) is 44.7 Å². The molecular weight excluding hydrogens is 342 g/mol. The van der Waals surface area contributed by atoms with Gasteiger partial charge < -0.3 is 20.2 Å². The van der Waals surface area contributed by atoms with Crippen LogP contribution in [0.1, 0.15) is 49.0 Å². The SMILES string of the molecule is CC(C)CN1CCC2(CC1)C(=O)N(C)c1ccc(C(=O)NCCCO)cc12. The molecule has 148 valence electrons. The van der Waals surface area contributed by atoms with E-state index in [-0.39, 0.29) is 18.4 Å². The second-order valence-electron chi connectivity index (χ2n) is 8.21. The molecule has 0 radical (unpaired) electrons. The van der Waals surface area contributed by atoms with E-state index in [2.05, 4.69) is 24.1 Å². The lowest BCUT2D eigenvalue weighted by Gasteiger charge is -2.39. The molecule has 0 aliphatic carbocycles. The number of likely N-dealkylation sites (tertiary alicyclic amines) is 1. The molecule has 27 heavy (non-hydrogen) atoms. The van der Waals surface area contributed by atoms with E-state index in [1.165, 1.54) is 0 Å². The van der Waals surface area contributed by atoms with E-state index in [0.717, 1.165) is 43.7 Å². The number of aliphatic hydroxyl groups is 1. The molecule has 2 aliphatic rings. The summed E-state index contributed by atoms with van der Waals surface area (Å²) >= 11 is 0. The van der Waals surface area contributed by atoms with Crippen molar-refractivity contribution in [1.29, 1.82) is 0 Å². The Morgan fingerprint density at radius 1 is 1.30 bits per heavy atom. The average Bonchev–Trinajstić information content (AvgIpc) is 2.85. The molecule has 1 aromatic rings. The monoisotopic (exact) mass is 373 g/mol. The predicted molar refractivity (Wildman–Crippen MR) is 106 cm³/mol. The topological polar surface area (TPSA) is 72.9 Å². The van der Waals surface area contributed by atoms with Crippen molar-refractivity contribution in [2.45, 2.75) is 38.5 Å². The standard InChI is InChI=1S/C21H31N3O3/c1-15(2)14-24-10-7-21(8-11-24)17-13-16(19(26)22-9-4-12-25)5-6-18(17)23(3)20(21)27/h5-6,13,15,25H,4,7-12,14H2,1-3H3,(H,22,26). The second-order valence-corrected chi connectivity index (χ2v) is 8.21. The van der Waals surface area contributed by atoms with Gasteiger partial charge in [0.15, 0.2) is 0 Å². The van der Waals surface area contributed by atoms with Crippen LogP contribution in [0.15, 0.2) is 18.2 Å². The van der Waals surface area contributed by atoms with Crippen LogP contribution in [-0.2, 0) is 10.2 Å². The number of nitrogens with zero attached hydrogens (tertiary/aromatic N) is 2. The molecule has 0 unspecified atom stereocenters. The highest BCUT2D eigenvalue weighted by Crippen LogP contribution is 2.47. The summed E-state index contributed by atoms with van der Waals surface area (Å²) < 4.78 is 0. The lowest BCUT2D eigenvalue weighted by Crippen LogP contribution is -2.48. The van der Waals surface area contributed by atoms with E-state index in [9.17, 15) is 9.59 Å². The molecule has 6 heteroatoms. The van der Waals surface area contributed by atoms with Crippen LogP contribution in [0.3, 0.4) is 0 Å². The maximum atomic E-state index is 13.1. The fraction of sp³-hybridized carbons (Fsp3) is 0.619. The third-order valence-electron chi connectivity index (χ3n) is 5.80. The Balaban J connectivity index is 1.84. The summed E-state index contributed by atoms with van der Waals surface area (Å²) in [5.74, 6) is 0.614. The van der Waals surface area contributed by atoms with Crippen LogP contribution in [0.2, 0.25) is 0 Å². The Bertz CT molecular complexity index is 709. The summed E-state index contributed by atoms with van der Waals surface area (Å²) in [4.78, 5) is 29.8. The number of aliphatic hydroxyl groups excluding tert-OH is 1. The Morgan fingerprint density at radius 3 is 2.63 bits per heavy atom. The van der Waals surface area contributed by atoms with Gasteiger partial charge in [0.2, 0.25) is 5.91 Å². The van der Waals surface area contributed by atoms with Crippen molar-refractivity contribution < 1.29 is 14.7 Å². The number of carbonyl (C=O) groups is 2. The third-order valence-corrected chi connectivity index (χ3v) is 5.80. The van der Waals surface area contributed by atoms with Gasteiger partial charge in [0.25, 0.3) is 5.91 Å². The van der Waals surface area contributed by atoms with Gasteiger partial charge in [-0.2, -0.15) is 0 Å². The first-order valence-corrected chi connectivity index (χ1v) is 9.93. The fourth-order valence-electron chi connectivity index (χ4n) is 4.40. The number of benzene rings is 1. The first-order chi connectivity index (χ1) is 12.9. The first kappa shape index (κ1) is 19.8. The second kappa shape index (κ2) is 7.98. The molecule has 0 aromatic heterocycles. The third kappa shape index (κ3) is 3.73. The number of hydrogen-bond acceptors (Lipinski definition) is 4. The van der Waals surface area contributed by atoms with Gasteiger partial charge >= 0.3 is 0 Å². The molecule has 0 saturated carbocycles. The maximum absolute atomic E-state index is 13.1. The molecular formula is C21H31N3O3. The number of hydrogen-bond donors (Lipinski definition) is 2. The van der Waals surface area contributed by atoms with E-state index in [4.69, 9.17) is 5.11 Å². The van der Waals surface area contributed by atoms with Crippen molar-refractivity contribution in [2.24, 2.45) is 5.92 Å². The van der Waals surface area contributed by atoms with Crippen molar-refractivity contribution >= 4 is 17.5 Å². The molecule has 1 fully saturated rings. The summed E-state index contributed by atoms with van der Waals surface area (Å²) in [6.07, 6.45) is 2.13. The van der Waals surface area contributed by atoms with Gasteiger partial charge in [-0.1, -0.05) is 13.8 Å². The van der Waals surface area contributed by atoms with Gasteiger partial charge in [0.1, 0.15) is 0 Å². The normalized spacial score (nSPS) is 19.0. The summed E-state index contributed by atoms with van der Waals surface area (Å²) in [5, 5.41) is 11.7. The predicted octanol–water partition coefficient (Wildman–Crippen LogP) is 1.76. The van der Waals surface area contributed by atoms with Crippen molar-refractivity contribution in [1.82, 2.24) is 10.2 Å². The van der Waals surface area contributed by atoms with Crippen molar-refractivity contribution in [3.63, 3.8) is 0 Å². The number of amides is 2. The number of piperidine rings is 1. The van der Waals surface area contributed by atoms with Crippen LogP contribution in [0, 0.1) is 5.92 Å². The zero-order valence-electron chi connectivity index (χ0n) is 16.6. The maximum Gasteiger partial charge on any atom is 0.251 e. The molecule has 2 N–H and O–H groups in total. The van der Waals surface area contributed by atoms with Crippen LogP contribution in [0.5, 0.6) is 0 Å². The Morgan fingerprint density at radius 2 is 2.00 bits per heavy atom. The van der Waals surface area contributed by atoms with Gasteiger partial charge in [-0.15, -0.1) is 0 Å². The molecule has 1 spiro atoms. The molecule has 1 saturated heterocycles. The first-order valence-electron chi connectivity index (χ1n) is 9.93. The molecule has 2 amide bonds. The zero-order chi connectivity index (χ0) is 19.6. The lowest BCUT2D eigenvalue weighted by atomic mass is 9.73. The summed E-state index contributed by atoms with van der Waals surface area (Å²) in [6.45, 7) is 7.81. The molecule has 2 heterocycles. The largest absolute Gasteiger partial charge is 0.396 e. The molecule has 6 nitrogen and oxygen atoms in total. The number of anilines is 1. The molecule has 3 rings (SSSR count). The van der Waals surface area contributed by atoms with Gasteiger partial charge in [-0.25, -0.2) is 0 Å². The quantitative estimate of drug-likeness (QED) is 0.746. The fourth-order valence-corrected chi connectivity index (χ4v) is 4.40. The molecule has 0 bridgehead atoms. The van der Waals surface area contributed by atoms with E-state index < -0.39 is 5.41 Å². The number of likely N-dealkylation sites (N-methyl/N-ethyl adjacent to an activating group) is 1. The van der Waals surface area contributed by atoms with Crippen molar-refractivity contribution in [3.05, 3.63) is 29.3 Å². The average molecular weight is 373 g/mol. The Hall–Kier alpha value is -1.92. The Labute approximate surface area is 161 Å². The van der Waals surface area contributed by atoms with Crippen LogP contribution in [0.25, 0.3) is 0 Å². The number of rotatable bonds is 6. The molecule has 1 aromatic carbocycles. The van der Waals surface area contributed by atoms with Gasteiger partial charge in [0.05, 0.1) is 5.41 Å². The van der Waals surface area contributed by atoms with Crippen LogP contribution >= 0.6 is 0 Å². The summed E-state index contributed by atoms with van der Waals surface area (Å²) in [5.41, 5.74) is 2.00. The van der Waals surface area contributed by atoms with E-state index in [1.54, 1.807) is 11.0 Å². The van der Waals surface area contributed by atoms with Gasteiger partial charge in [-0.3, -0.25) is 9.59 Å². The minimum Gasteiger partial charge on any atom is -0.396 e. The number of carbonyl (C=O) groups excluding carboxylic acids is 2. The zero-order valence-corrected chi connectivity index (χ0v) is 16.6. The highest BCUT2D eigenvalue weighted by atomic mass is 16.3. The smallest absolute Gasteiger partial charge is 0.251 e. The highest BCUT2D eigenvalue weighted by molar-refractivity contribution is 6.09. The van der Waals surface area contributed by atoms with Crippen LogP contribution in [-0.4, -0.2) is 61.7 Å². The lowest BCUT2D eigenvalue weighted by molar-refractivity contribution is -0.124. The minimum atomic E-state index is -0.501. The van der Waals surface area contributed by atoms with E-state index in [0.29, 0.717) is 24.4 Å². The van der Waals surface area contributed by atoms with Crippen LogP contribution in [0.4, 0.5) is 5.69 Å². The molecule has 0 atom stereocenters. The minimum absolute atomic E-state index is 0.0553. The van der Waals surface area contributed by atoms with Gasteiger partial charge in [-0.05, 0) is 62.0 Å². The Kier molecular flexibility index (Phi) is 5.86. The van der Waals surface area contributed by atoms with Gasteiger partial charge in [0, 0.05) is 38.0 Å². The number of fused-ring (bicyclic) bond motifs is 2.